The van der Waals surface area contributed by atoms with Gasteiger partial charge in [-0.3, -0.25) is 9.78 Å². The van der Waals surface area contributed by atoms with Crippen molar-refractivity contribution in [1.29, 1.82) is 0 Å². The van der Waals surface area contributed by atoms with Gasteiger partial charge in [-0.2, -0.15) is 0 Å². The number of fused-ring (bicyclic) bond motifs is 1. The molecule has 1 amide bonds. The molecule has 1 heterocycles. The molecule has 25 heavy (non-hydrogen) atoms. The predicted octanol–water partition coefficient (Wildman–Crippen LogP) is 5.61. The summed E-state index contributed by atoms with van der Waals surface area (Å²) in [5, 5.41) is 3.94. The molecule has 0 fully saturated rings. The molecule has 3 nitrogen and oxygen atoms in total. The predicted molar refractivity (Wildman–Crippen MR) is 104 cm³/mol. The van der Waals surface area contributed by atoms with Crippen LogP contribution in [-0.4, -0.2) is 10.9 Å². The number of hydrogen-bond acceptors (Lipinski definition) is 2. The number of pyridine rings is 1. The van der Waals surface area contributed by atoms with Crippen LogP contribution in [0.2, 0.25) is 0 Å². The van der Waals surface area contributed by atoms with Gasteiger partial charge in [0.15, 0.2) is 0 Å². The fourth-order valence-electron chi connectivity index (χ4n) is 2.92. The van der Waals surface area contributed by atoms with Gasteiger partial charge in [0.2, 0.25) is 0 Å². The van der Waals surface area contributed by atoms with Crippen molar-refractivity contribution in [3.63, 3.8) is 0 Å². The van der Waals surface area contributed by atoms with Crippen molar-refractivity contribution in [2.75, 3.05) is 5.32 Å². The van der Waals surface area contributed by atoms with Gasteiger partial charge in [-0.05, 0) is 42.7 Å². The van der Waals surface area contributed by atoms with Crippen LogP contribution >= 0.6 is 0 Å². The number of nitrogens with zero attached hydrogens (tertiary/aromatic N) is 1. The molecular formula is C22H24N2O. The first-order valence-electron chi connectivity index (χ1n) is 9.01. The molecule has 0 saturated carbocycles. The lowest BCUT2D eigenvalue weighted by Crippen LogP contribution is -2.12. The Bertz CT molecular complexity index is 840. The van der Waals surface area contributed by atoms with E-state index in [1.807, 2.05) is 42.5 Å². The first kappa shape index (κ1) is 17.2. The van der Waals surface area contributed by atoms with E-state index in [0.717, 1.165) is 17.3 Å². The van der Waals surface area contributed by atoms with Gasteiger partial charge in [0.25, 0.3) is 5.91 Å². The molecular weight excluding hydrogens is 308 g/mol. The zero-order chi connectivity index (χ0) is 17.5. The minimum absolute atomic E-state index is 0.102. The van der Waals surface area contributed by atoms with Gasteiger partial charge in [0.1, 0.15) is 0 Å². The largest absolute Gasteiger partial charge is 0.321 e. The number of aromatic nitrogens is 1. The Morgan fingerprint density at radius 1 is 1.00 bits per heavy atom. The number of aryl methyl sites for hydroxylation is 1. The van der Waals surface area contributed by atoms with Crippen LogP contribution in [0.5, 0.6) is 0 Å². The molecule has 128 valence electrons. The fraction of sp³-hybridized carbons (Fsp3) is 0.273. The molecule has 3 heteroatoms. The summed E-state index contributed by atoms with van der Waals surface area (Å²) in [6.07, 6.45) is 7.80. The van der Waals surface area contributed by atoms with Crippen LogP contribution in [0.25, 0.3) is 10.9 Å². The van der Waals surface area contributed by atoms with Crippen molar-refractivity contribution in [3.8, 4) is 0 Å². The van der Waals surface area contributed by atoms with Crippen molar-refractivity contribution in [1.82, 2.24) is 4.98 Å². The van der Waals surface area contributed by atoms with Crippen LogP contribution in [0.3, 0.4) is 0 Å². The Kier molecular flexibility index (Phi) is 5.78. The molecule has 0 atom stereocenters. The van der Waals surface area contributed by atoms with E-state index in [9.17, 15) is 4.79 Å². The van der Waals surface area contributed by atoms with Crippen molar-refractivity contribution < 1.29 is 4.79 Å². The van der Waals surface area contributed by atoms with Crippen molar-refractivity contribution >= 4 is 22.5 Å². The van der Waals surface area contributed by atoms with Crippen molar-refractivity contribution in [2.24, 2.45) is 0 Å². The molecule has 3 rings (SSSR count). The third kappa shape index (κ3) is 4.66. The van der Waals surface area contributed by atoms with E-state index in [1.165, 1.54) is 31.2 Å². The maximum atomic E-state index is 12.4. The van der Waals surface area contributed by atoms with Crippen molar-refractivity contribution in [3.05, 3.63) is 71.9 Å². The minimum Gasteiger partial charge on any atom is -0.321 e. The Labute approximate surface area is 149 Å². The van der Waals surface area contributed by atoms with E-state index < -0.39 is 0 Å². The number of amides is 1. The summed E-state index contributed by atoms with van der Waals surface area (Å²) in [7, 11) is 0. The van der Waals surface area contributed by atoms with Crippen LogP contribution in [0.15, 0.2) is 60.8 Å². The summed E-state index contributed by atoms with van der Waals surface area (Å²) >= 11 is 0. The van der Waals surface area contributed by atoms with E-state index in [1.54, 1.807) is 6.20 Å². The average molecular weight is 332 g/mol. The monoisotopic (exact) mass is 332 g/mol. The first-order valence-corrected chi connectivity index (χ1v) is 9.01. The maximum absolute atomic E-state index is 12.4. The molecule has 0 spiro atoms. The second kappa shape index (κ2) is 8.43. The first-order chi connectivity index (χ1) is 12.3. The number of carbonyl (C=O) groups is 1. The highest BCUT2D eigenvalue weighted by Gasteiger charge is 2.07. The maximum Gasteiger partial charge on any atom is 0.255 e. The molecule has 0 saturated heterocycles. The highest BCUT2D eigenvalue weighted by atomic mass is 16.1. The van der Waals surface area contributed by atoms with Gasteiger partial charge >= 0.3 is 0 Å². The summed E-state index contributed by atoms with van der Waals surface area (Å²) in [5.74, 6) is -0.102. The number of benzene rings is 2. The second-order valence-corrected chi connectivity index (χ2v) is 6.38. The Hall–Kier alpha value is -2.68. The number of hydrogen-bond donors (Lipinski definition) is 1. The number of anilines is 1. The third-order valence-corrected chi connectivity index (χ3v) is 4.38. The highest BCUT2D eigenvalue weighted by molar-refractivity contribution is 6.04. The van der Waals surface area contributed by atoms with Gasteiger partial charge in [-0.1, -0.05) is 56.5 Å². The molecule has 0 bridgehead atoms. The third-order valence-electron chi connectivity index (χ3n) is 4.38. The van der Waals surface area contributed by atoms with Crippen LogP contribution < -0.4 is 5.32 Å². The molecule has 2 aromatic carbocycles. The number of rotatable bonds is 7. The van der Waals surface area contributed by atoms with Crippen molar-refractivity contribution in [2.45, 2.75) is 39.0 Å². The summed E-state index contributed by atoms with van der Waals surface area (Å²) in [4.78, 5) is 16.8. The Morgan fingerprint density at radius 2 is 1.80 bits per heavy atom. The van der Waals surface area contributed by atoms with E-state index >= 15 is 0 Å². The smallest absolute Gasteiger partial charge is 0.255 e. The molecule has 1 N–H and O–H groups in total. The number of unbranched alkanes of at least 4 members (excludes halogenated alkanes) is 3. The van der Waals surface area contributed by atoms with Gasteiger partial charge in [0.05, 0.1) is 17.4 Å². The zero-order valence-electron chi connectivity index (χ0n) is 14.7. The molecule has 0 aliphatic heterocycles. The van der Waals surface area contributed by atoms with Gasteiger partial charge in [-0.15, -0.1) is 0 Å². The number of para-hydroxylation sites is 1. The Balaban J connectivity index is 1.62. The molecule has 1 aromatic heterocycles. The molecule has 0 unspecified atom stereocenters. The zero-order valence-corrected chi connectivity index (χ0v) is 14.7. The summed E-state index contributed by atoms with van der Waals surface area (Å²) in [6, 6.07) is 17.7. The molecule has 0 aliphatic rings. The summed E-state index contributed by atoms with van der Waals surface area (Å²) in [6.45, 7) is 2.22. The normalized spacial score (nSPS) is 10.8. The lowest BCUT2D eigenvalue weighted by molar-refractivity contribution is 0.102. The SMILES string of the molecule is CCCCCCc1ccc(C(=O)Nc2cnc3ccccc3c2)cc1. The standard InChI is InChI=1S/C22H24N2O/c1-2-3-4-5-8-17-11-13-18(14-12-17)22(25)24-20-15-19-9-6-7-10-21(19)23-16-20/h6-7,9-16H,2-5,8H2,1H3,(H,24,25). The minimum atomic E-state index is -0.102. The quantitative estimate of drug-likeness (QED) is 0.571. The average Bonchev–Trinajstić information content (AvgIpc) is 2.65. The topological polar surface area (TPSA) is 42.0 Å². The fourth-order valence-corrected chi connectivity index (χ4v) is 2.92. The van der Waals surface area contributed by atoms with Crippen LogP contribution in [-0.2, 0) is 6.42 Å². The van der Waals surface area contributed by atoms with Gasteiger partial charge < -0.3 is 5.32 Å². The molecule has 3 aromatic rings. The summed E-state index contributed by atoms with van der Waals surface area (Å²) < 4.78 is 0. The van der Waals surface area contributed by atoms with E-state index in [2.05, 4.69) is 29.4 Å². The number of nitrogens with one attached hydrogen (secondary N) is 1. The molecule has 0 aliphatic carbocycles. The van der Waals surface area contributed by atoms with E-state index in [4.69, 9.17) is 0 Å². The van der Waals surface area contributed by atoms with Crippen LogP contribution in [0, 0.1) is 0 Å². The molecule has 0 radical (unpaired) electrons. The van der Waals surface area contributed by atoms with Crippen LogP contribution in [0.1, 0.15) is 48.5 Å². The van der Waals surface area contributed by atoms with Gasteiger partial charge in [-0.25, -0.2) is 0 Å². The second-order valence-electron chi connectivity index (χ2n) is 6.38. The Morgan fingerprint density at radius 3 is 2.60 bits per heavy atom. The van der Waals surface area contributed by atoms with Gasteiger partial charge in [0, 0.05) is 10.9 Å². The lowest BCUT2D eigenvalue weighted by Gasteiger charge is -2.07. The van der Waals surface area contributed by atoms with E-state index in [0.29, 0.717) is 11.3 Å². The highest BCUT2D eigenvalue weighted by Crippen LogP contribution is 2.17. The lowest BCUT2D eigenvalue weighted by atomic mass is 10.0. The van der Waals surface area contributed by atoms with E-state index in [-0.39, 0.29) is 5.91 Å². The summed E-state index contributed by atoms with van der Waals surface area (Å²) in [5.41, 5.74) is 3.60. The van der Waals surface area contributed by atoms with Crippen LogP contribution in [0.4, 0.5) is 5.69 Å². The number of carbonyl (C=O) groups excluding carboxylic acids is 1.